The minimum Gasteiger partial charge on any atom is -0.416 e. The first-order chi connectivity index (χ1) is 9.40. The fourth-order valence-electron chi connectivity index (χ4n) is 1.29. The molecule has 0 N–H and O–H groups in total. The van der Waals surface area contributed by atoms with Crippen LogP contribution in [0.1, 0.15) is 10.4 Å². The van der Waals surface area contributed by atoms with Crippen molar-refractivity contribution in [1.29, 1.82) is 0 Å². The first-order valence-electron chi connectivity index (χ1n) is 5.07. The zero-order chi connectivity index (χ0) is 14.9. The van der Waals surface area contributed by atoms with Crippen molar-refractivity contribution >= 4 is 17.6 Å². The van der Waals surface area contributed by atoms with Gasteiger partial charge >= 0.3 is 5.97 Å². The third kappa shape index (κ3) is 2.72. The summed E-state index contributed by atoms with van der Waals surface area (Å²) in [5.41, 5.74) is -0.196. The van der Waals surface area contributed by atoms with Crippen LogP contribution in [0.25, 0.3) is 0 Å². The van der Waals surface area contributed by atoms with E-state index in [2.05, 4.69) is 9.72 Å². The van der Waals surface area contributed by atoms with E-state index in [-0.39, 0.29) is 16.8 Å². The van der Waals surface area contributed by atoms with Crippen LogP contribution in [0.15, 0.2) is 24.4 Å². The summed E-state index contributed by atoms with van der Waals surface area (Å²) in [6.45, 7) is 0. The average Bonchev–Trinajstić information content (AvgIpc) is 2.42. The summed E-state index contributed by atoms with van der Waals surface area (Å²) in [5, 5.41) is 0.0794. The molecule has 0 unspecified atom stereocenters. The van der Waals surface area contributed by atoms with E-state index in [4.69, 9.17) is 11.6 Å². The standard InChI is InChI=1S/C12H4ClF4NO2/c13-8-2-1-5(4-18-8)12(19)20-11-9(16)6(14)3-7(15)10(11)17/h1-4H. The lowest BCUT2D eigenvalue weighted by atomic mass is 10.2. The van der Waals surface area contributed by atoms with Crippen molar-refractivity contribution < 1.29 is 27.1 Å². The average molecular weight is 306 g/mol. The number of esters is 1. The quantitative estimate of drug-likeness (QED) is 0.280. The summed E-state index contributed by atoms with van der Waals surface area (Å²) in [4.78, 5) is 15.1. The molecule has 0 radical (unpaired) electrons. The van der Waals surface area contributed by atoms with Gasteiger partial charge in [-0.25, -0.2) is 18.6 Å². The molecule has 1 heterocycles. The molecule has 0 saturated heterocycles. The maximum atomic E-state index is 13.3. The number of benzene rings is 1. The number of pyridine rings is 1. The number of hydrogen-bond donors (Lipinski definition) is 0. The molecule has 104 valence electrons. The van der Waals surface area contributed by atoms with Crippen molar-refractivity contribution in [2.75, 3.05) is 0 Å². The second-order valence-electron chi connectivity index (χ2n) is 3.56. The Morgan fingerprint density at radius 2 is 1.70 bits per heavy atom. The predicted molar refractivity (Wildman–Crippen MR) is 60.5 cm³/mol. The molecule has 0 aliphatic carbocycles. The molecule has 3 nitrogen and oxygen atoms in total. The van der Waals surface area contributed by atoms with Crippen LogP contribution in [-0.4, -0.2) is 11.0 Å². The third-order valence-electron chi connectivity index (χ3n) is 2.23. The number of carbonyl (C=O) groups excluding carboxylic acids is 1. The number of hydrogen-bond acceptors (Lipinski definition) is 3. The molecule has 0 aliphatic rings. The molecule has 0 fully saturated rings. The van der Waals surface area contributed by atoms with Gasteiger partial charge in [0.05, 0.1) is 5.56 Å². The van der Waals surface area contributed by atoms with E-state index in [1.807, 2.05) is 0 Å². The van der Waals surface area contributed by atoms with Crippen LogP contribution >= 0.6 is 11.6 Å². The molecule has 0 spiro atoms. The fraction of sp³-hybridized carbons (Fsp3) is 0. The lowest BCUT2D eigenvalue weighted by molar-refractivity contribution is 0.0717. The van der Waals surface area contributed by atoms with Crippen LogP contribution in [0.2, 0.25) is 5.15 Å². The van der Waals surface area contributed by atoms with Crippen LogP contribution in [0.3, 0.4) is 0 Å². The molecule has 0 aliphatic heterocycles. The van der Waals surface area contributed by atoms with Crippen LogP contribution in [-0.2, 0) is 0 Å². The van der Waals surface area contributed by atoms with Gasteiger partial charge in [-0.1, -0.05) is 11.6 Å². The second kappa shape index (κ2) is 5.46. The molecular formula is C12H4ClF4NO2. The van der Waals surface area contributed by atoms with E-state index in [1.54, 1.807) is 0 Å². The van der Waals surface area contributed by atoms with E-state index < -0.39 is 35.0 Å². The van der Waals surface area contributed by atoms with Gasteiger partial charge in [-0.3, -0.25) is 0 Å². The van der Waals surface area contributed by atoms with Gasteiger partial charge in [0.15, 0.2) is 11.6 Å². The zero-order valence-corrected chi connectivity index (χ0v) is 10.2. The van der Waals surface area contributed by atoms with Gasteiger partial charge in [-0.2, -0.15) is 8.78 Å². The first kappa shape index (κ1) is 14.3. The minimum atomic E-state index is -1.81. The molecule has 0 amide bonds. The molecule has 8 heteroatoms. The largest absolute Gasteiger partial charge is 0.416 e. The molecule has 2 rings (SSSR count). The maximum absolute atomic E-state index is 13.3. The molecule has 0 bridgehead atoms. The van der Waals surface area contributed by atoms with E-state index in [0.29, 0.717) is 0 Å². The Bertz CT molecular complexity index is 650. The summed E-state index contributed by atoms with van der Waals surface area (Å²) in [7, 11) is 0. The Morgan fingerprint density at radius 3 is 2.20 bits per heavy atom. The third-order valence-corrected chi connectivity index (χ3v) is 2.45. The van der Waals surface area contributed by atoms with E-state index >= 15 is 0 Å². The van der Waals surface area contributed by atoms with Crippen molar-refractivity contribution in [2.45, 2.75) is 0 Å². The van der Waals surface area contributed by atoms with E-state index in [0.717, 1.165) is 6.20 Å². The van der Waals surface area contributed by atoms with Gasteiger partial charge in [0.25, 0.3) is 0 Å². The Labute approximate surface area is 114 Å². The molecule has 0 atom stereocenters. The predicted octanol–water partition coefficient (Wildman–Crippen LogP) is 3.51. The van der Waals surface area contributed by atoms with Crippen LogP contribution in [0.5, 0.6) is 5.75 Å². The van der Waals surface area contributed by atoms with Gasteiger partial charge in [0, 0.05) is 12.3 Å². The molecule has 2 aromatic rings. The van der Waals surface area contributed by atoms with Gasteiger partial charge < -0.3 is 4.74 Å². The van der Waals surface area contributed by atoms with Crippen molar-refractivity contribution in [3.63, 3.8) is 0 Å². The minimum absolute atomic E-state index is 0.00580. The number of ether oxygens (including phenoxy) is 1. The topological polar surface area (TPSA) is 39.2 Å². The molecule has 1 aromatic heterocycles. The highest BCUT2D eigenvalue weighted by Gasteiger charge is 2.23. The Morgan fingerprint density at radius 1 is 1.10 bits per heavy atom. The zero-order valence-electron chi connectivity index (χ0n) is 9.46. The van der Waals surface area contributed by atoms with Crippen molar-refractivity contribution in [2.24, 2.45) is 0 Å². The van der Waals surface area contributed by atoms with Gasteiger partial charge in [0.1, 0.15) is 5.15 Å². The summed E-state index contributed by atoms with van der Waals surface area (Å²) >= 11 is 5.49. The summed E-state index contributed by atoms with van der Waals surface area (Å²) in [6, 6.07) is 2.41. The molecule has 1 aromatic carbocycles. The second-order valence-corrected chi connectivity index (χ2v) is 3.94. The number of rotatable bonds is 2. The first-order valence-corrected chi connectivity index (χ1v) is 5.44. The van der Waals surface area contributed by atoms with E-state index in [9.17, 15) is 22.4 Å². The van der Waals surface area contributed by atoms with Crippen LogP contribution < -0.4 is 4.74 Å². The highest BCUT2D eigenvalue weighted by Crippen LogP contribution is 2.27. The Balaban J connectivity index is 2.35. The normalized spacial score (nSPS) is 10.4. The van der Waals surface area contributed by atoms with Crippen molar-refractivity contribution in [3.8, 4) is 5.75 Å². The SMILES string of the molecule is O=C(Oc1c(F)c(F)cc(F)c1F)c1ccc(Cl)nc1. The van der Waals surface area contributed by atoms with Gasteiger partial charge in [0.2, 0.25) is 17.4 Å². The maximum Gasteiger partial charge on any atom is 0.345 e. The van der Waals surface area contributed by atoms with Crippen LogP contribution in [0.4, 0.5) is 17.6 Å². The number of halogens is 5. The van der Waals surface area contributed by atoms with Crippen molar-refractivity contribution in [1.82, 2.24) is 4.98 Å². The van der Waals surface area contributed by atoms with E-state index in [1.165, 1.54) is 12.1 Å². The Hall–Kier alpha value is -2.15. The molecule has 0 saturated carbocycles. The van der Waals surface area contributed by atoms with Crippen molar-refractivity contribution in [3.05, 3.63) is 58.4 Å². The van der Waals surface area contributed by atoms with Gasteiger partial charge in [-0.05, 0) is 12.1 Å². The summed E-state index contributed by atoms with van der Waals surface area (Å²) in [6.07, 6.45) is 0.982. The monoisotopic (exact) mass is 305 g/mol. The lowest BCUT2D eigenvalue weighted by Gasteiger charge is -2.07. The number of nitrogens with zero attached hydrogens (tertiary/aromatic N) is 1. The number of carbonyl (C=O) groups is 1. The molecular weight excluding hydrogens is 302 g/mol. The summed E-state index contributed by atoms with van der Waals surface area (Å²) < 4.78 is 56.7. The summed E-state index contributed by atoms with van der Waals surface area (Å²) in [5.74, 6) is -9.67. The highest BCUT2D eigenvalue weighted by molar-refractivity contribution is 6.29. The number of aromatic nitrogens is 1. The smallest absolute Gasteiger partial charge is 0.345 e. The Kier molecular flexibility index (Phi) is 3.89. The lowest BCUT2D eigenvalue weighted by Crippen LogP contribution is -2.12. The van der Waals surface area contributed by atoms with Crippen LogP contribution in [0, 0.1) is 23.3 Å². The van der Waals surface area contributed by atoms with Gasteiger partial charge in [-0.15, -0.1) is 0 Å². The fourth-order valence-corrected chi connectivity index (χ4v) is 1.40. The highest BCUT2D eigenvalue weighted by atomic mass is 35.5. The molecule has 20 heavy (non-hydrogen) atoms.